The first-order valence-corrected chi connectivity index (χ1v) is 7.67. The highest BCUT2D eigenvalue weighted by Gasteiger charge is 2.17. The van der Waals surface area contributed by atoms with Gasteiger partial charge in [-0.2, -0.15) is 5.10 Å². The van der Waals surface area contributed by atoms with Crippen LogP contribution < -0.4 is 10.3 Å². The fourth-order valence-electron chi connectivity index (χ4n) is 2.55. The average Bonchev–Trinajstić information content (AvgIpc) is 2.94. The fraction of sp³-hybridized carbons (Fsp3) is 0.353. The molecule has 7 heteroatoms. The number of hydrogen-bond acceptors (Lipinski definition) is 6. The second-order valence-electron chi connectivity index (χ2n) is 5.81. The van der Waals surface area contributed by atoms with Crippen molar-refractivity contribution in [2.45, 2.75) is 33.4 Å². The first-order chi connectivity index (χ1) is 11.5. The van der Waals surface area contributed by atoms with Gasteiger partial charge in [-0.05, 0) is 32.9 Å². The highest BCUT2D eigenvalue weighted by Crippen LogP contribution is 2.16. The van der Waals surface area contributed by atoms with Crippen molar-refractivity contribution in [3.8, 4) is 5.75 Å². The van der Waals surface area contributed by atoms with Gasteiger partial charge < -0.3 is 14.4 Å². The molecule has 2 heterocycles. The van der Waals surface area contributed by atoms with E-state index in [0.29, 0.717) is 22.6 Å². The van der Waals surface area contributed by atoms with Gasteiger partial charge in [0, 0.05) is 0 Å². The third kappa shape index (κ3) is 3.16. The van der Waals surface area contributed by atoms with Gasteiger partial charge in [0.15, 0.2) is 5.52 Å². The van der Waals surface area contributed by atoms with E-state index in [9.17, 15) is 9.90 Å². The molecule has 24 heavy (non-hydrogen) atoms. The Morgan fingerprint density at radius 1 is 1.25 bits per heavy atom. The number of hydrogen-bond donors (Lipinski definition) is 1. The molecule has 2 aromatic heterocycles. The Hall–Kier alpha value is -2.67. The van der Waals surface area contributed by atoms with Crippen LogP contribution in [0.4, 0.5) is 0 Å². The lowest BCUT2D eigenvalue weighted by Crippen LogP contribution is -2.32. The third-order valence-electron chi connectivity index (χ3n) is 3.78. The normalized spacial score (nSPS) is 12.5. The Balaban J connectivity index is 1.73. The molecule has 0 aliphatic heterocycles. The summed E-state index contributed by atoms with van der Waals surface area (Å²) in [5, 5.41) is 18.8. The smallest absolute Gasteiger partial charge is 0.296 e. The number of aryl methyl sites for hydroxylation is 3. The van der Waals surface area contributed by atoms with Crippen LogP contribution in [0.3, 0.4) is 0 Å². The maximum atomic E-state index is 12.4. The summed E-state index contributed by atoms with van der Waals surface area (Å²) >= 11 is 0. The molecule has 1 aromatic carbocycles. The molecule has 0 bridgehead atoms. The molecule has 0 radical (unpaired) electrons. The predicted octanol–water partition coefficient (Wildman–Crippen LogP) is 1.75. The zero-order chi connectivity index (χ0) is 17.3. The Kier molecular flexibility index (Phi) is 4.35. The quantitative estimate of drug-likeness (QED) is 0.767. The monoisotopic (exact) mass is 329 g/mol. The molecule has 0 saturated carbocycles. The minimum Gasteiger partial charge on any atom is -0.491 e. The van der Waals surface area contributed by atoms with Gasteiger partial charge in [-0.3, -0.25) is 4.79 Å². The summed E-state index contributed by atoms with van der Waals surface area (Å²) in [7, 11) is 0. The van der Waals surface area contributed by atoms with Crippen molar-refractivity contribution in [1.29, 1.82) is 0 Å². The lowest BCUT2D eigenvalue weighted by molar-refractivity contribution is 0.0880. The Labute approximate surface area is 138 Å². The molecule has 1 atom stereocenters. The van der Waals surface area contributed by atoms with Crippen LogP contribution in [0.2, 0.25) is 0 Å². The number of nitrogens with zero attached hydrogens (tertiary/aromatic N) is 3. The van der Waals surface area contributed by atoms with E-state index in [1.807, 2.05) is 31.2 Å². The molecule has 0 amide bonds. The fourth-order valence-corrected chi connectivity index (χ4v) is 2.55. The molecule has 0 spiro atoms. The van der Waals surface area contributed by atoms with Crippen molar-refractivity contribution < 1.29 is 14.4 Å². The number of aliphatic hydroxyl groups excluding tert-OH is 1. The summed E-state index contributed by atoms with van der Waals surface area (Å²) in [6, 6.07) is 7.53. The summed E-state index contributed by atoms with van der Waals surface area (Å²) in [6.45, 7) is 5.58. The van der Waals surface area contributed by atoms with Crippen LogP contribution in [0.1, 0.15) is 17.0 Å². The molecular weight excluding hydrogens is 310 g/mol. The molecule has 1 N–H and O–H groups in total. The largest absolute Gasteiger partial charge is 0.491 e. The summed E-state index contributed by atoms with van der Waals surface area (Å²) in [4.78, 5) is 12.4. The van der Waals surface area contributed by atoms with Crippen LogP contribution in [-0.4, -0.2) is 32.8 Å². The lowest BCUT2D eigenvalue weighted by Gasteiger charge is -2.13. The molecule has 0 aliphatic carbocycles. The molecule has 0 unspecified atom stereocenters. The zero-order valence-electron chi connectivity index (χ0n) is 13.8. The maximum absolute atomic E-state index is 12.4. The van der Waals surface area contributed by atoms with Crippen molar-refractivity contribution in [3.05, 3.63) is 51.6 Å². The average molecular weight is 329 g/mol. The number of ether oxygens (including phenoxy) is 1. The molecule has 0 saturated heterocycles. The van der Waals surface area contributed by atoms with Crippen LogP contribution in [-0.2, 0) is 6.54 Å². The Morgan fingerprint density at radius 2 is 1.96 bits per heavy atom. The summed E-state index contributed by atoms with van der Waals surface area (Å²) < 4.78 is 11.8. The molecule has 126 valence electrons. The Bertz CT molecular complexity index is 912. The second-order valence-corrected chi connectivity index (χ2v) is 5.81. The molecule has 7 nitrogen and oxygen atoms in total. The topological polar surface area (TPSA) is 90.4 Å². The van der Waals surface area contributed by atoms with Gasteiger partial charge in [0.25, 0.3) is 5.56 Å². The van der Waals surface area contributed by atoms with Gasteiger partial charge in [0.05, 0.1) is 17.6 Å². The van der Waals surface area contributed by atoms with Crippen molar-refractivity contribution in [2.24, 2.45) is 0 Å². The molecule has 0 aliphatic rings. The van der Waals surface area contributed by atoms with Crippen molar-refractivity contribution in [1.82, 2.24) is 14.9 Å². The predicted molar refractivity (Wildman–Crippen MR) is 88.2 cm³/mol. The van der Waals surface area contributed by atoms with E-state index in [0.717, 1.165) is 5.56 Å². The zero-order valence-corrected chi connectivity index (χ0v) is 13.8. The highest BCUT2D eigenvalue weighted by molar-refractivity contribution is 5.81. The van der Waals surface area contributed by atoms with E-state index >= 15 is 0 Å². The van der Waals surface area contributed by atoms with Crippen LogP contribution >= 0.6 is 0 Å². The van der Waals surface area contributed by atoms with Crippen LogP contribution in [0, 0.1) is 20.8 Å². The van der Waals surface area contributed by atoms with E-state index in [1.54, 1.807) is 13.8 Å². The standard InChI is InChI=1S/C17H19N3O4/c1-10-4-6-14(7-5-10)23-9-13(21)8-20-17(22)16-15(11(2)18-20)12(3)24-19-16/h4-7,13,21H,8-9H2,1-3H3/t13-/m0/s1. The van der Waals surface area contributed by atoms with Crippen LogP contribution in [0.25, 0.3) is 10.9 Å². The van der Waals surface area contributed by atoms with Gasteiger partial charge >= 0.3 is 0 Å². The van der Waals surface area contributed by atoms with E-state index in [2.05, 4.69) is 10.3 Å². The molecule has 0 fully saturated rings. The highest BCUT2D eigenvalue weighted by atomic mass is 16.5. The maximum Gasteiger partial charge on any atom is 0.296 e. The summed E-state index contributed by atoms with van der Waals surface area (Å²) in [6.07, 6.45) is -0.874. The third-order valence-corrected chi connectivity index (χ3v) is 3.78. The minimum absolute atomic E-state index is 0.0212. The molecule has 3 aromatic rings. The molecule has 3 rings (SSSR count). The second kappa shape index (κ2) is 6.45. The lowest BCUT2D eigenvalue weighted by atomic mass is 10.2. The first kappa shape index (κ1) is 16.2. The molecular formula is C17H19N3O4. The number of aromatic nitrogens is 3. The summed E-state index contributed by atoms with van der Waals surface area (Å²) in [5.74, 6) is 1.22. The number of benzene rings is 1. The SMILES string of the molecule is Cc1ccc(OC[C@@H](O)Cn2nc(C)c3c(C)onc3c2=O)cc1. The van der Waals surface area contributed by atoms with E-state index in [4.69, 9.17) is 9.26 Å². The first-order valence-electron chi connectivity index (χ1n) is 7.67. The Morgan fingerprint density at radius 3 is 2.67 bits per heavy atom. The van der Waals surface area contributed by atoms with E-state index in [1.165, 1.54) is 4.68 Å². The van der Waals surface area contributed by atoms with Gasteiger partial charge in [0.2, 0.25) is 0 Å². The van der Waals surface area contributed by atoms with Crippen LogP contribution in [0.15, 0.2) is 33.6 Å². The number of rotatable bonds is 5. The number of aliphatic hydroxyl groups is 1. The van der Waals surface area contributed by atoms with Gasteiger partial charge in [-0.1, -0.05) is 22.9 Å². The van der Waals surface area contributed by atoms with E-state index in [-0.39, 0.29) is 24.2 Å². The van der Waals surface area contributed by atoms with Gasteiger partial charge in [-0.25, -0.2) is 4.68 Å². The van der Waals surface area contributed by atoms with Crippen molar-refractivity contribution in [3.63, 3.8) is 0 Å². The van der Waals surface area contributed by atoms with Crippen LogP contribution in [0.5, 0.6) is 5.75 Å². The van der Waals surface area contributed by atoms with Crippen molar-refractivity contribution in [2.75, 3.05) is 6.61 Å². The minimum atomic E-state index is -0.874. The van der Waals surface area contributed by atoms with Gasteiger partial charge in [0.1, 0.15) is 24.2 Å². The summed E-state index contributed by atoms with van der Waals surface area (Å²) in [5.41, 5.74) is 1.61. The number of fused-ring (bicyclic) bond motifs is 1. The van der Waals surface area contributed by atoms with Gasteiger partial charge in [-0.15, -0.1) is 0 Å². The van der Waals surface area contributed by atoms with E-state index < -0.39 is 6.10 Å². The van der Waals surface area contributed by atoms with Crippen molar-refractivity contribution >= 4 is 10.9 Å².